The van der Waals surface area contributed by atoms with Crippen LogP contribution in [0.4, 0.5) is 5.69 Å². The first-order valence-electron chi connectivity index (χ1n) is 5.64. The fraction of sp³-hybridized carbons (Fsp3) is 0.500. The van der Waals surface area contributed by atoms with E-state index in [1.165, 1.54) is 12.8 Å². The zero-order chi connectivity index (χ0) is 11.5. The van der Waals surface area contributed by atoms with Gasteiger partial charge in [-0.15, -0.1) is 0 Å². The van der Waals surface area contributed by atoms with E-state index in [9.17, 15) is 0 Å². The molecule has 0 radical (unpaired) electrons. The Kier molecular flexibility index (Phi) is 3.95. The van der Waals surface area contributed by atoms with E-state index in [1.807, 2.05) is 12.1 Å². The van der Waals surface area contributed by atoms with E-state index < -0.39 is 0 Å². The molecule has 2 rings (SSSR count). The van der Waals surface area contributed by atoms with E-state index in [1.54, 1.807) is 6.07 Å². The molecular weight excluding hydrogens is 243 g/mol. The summed E-state index contributed by atoms with van der Waals surface area (Å²) >= 11 is 12.1. The summed E-state index contributed by atoms with van der Waals surface area (Å²) < 4.78 is 0. The lowest BCUT2D eigenvalue weighted by Crippen LogP contribution is -2.31. The van der Waals surface area contributed by atoms with Gasteiger partial charge in [0.25, 0.3) is 0 Å². The van der Waals surface area contributed by atoms with Crippen LogP contribution in [0.1, 0.15) is 19.3 Å². The van der Waals surface area contributed by atoms with E-state index in [-0.39, 0.29) is 0 Å². The molecule has 4 heteroatoms. The van der Waals surface area contributed by atoms with Crippen LogP contribution in [-0.4, -0.2) is 19.1 Å². The van der Waals surface area contributed by atoms with Gasteiger partial charge in [-0.1, -0.05) is 23.2 Å². The Bertz CT molecular complexity index is 368. The number of hydrogen-bond acceptors (Lipinski definition) is 2. The van der Waals surface area contributed by atoms with Gasteiger partial charge < -0.3 is 10.6 Å². The molecule has 16 heavy (non-hydrogen) atoms. The normalized spacial score (nSPS) is 20.4. The molecule has 1 aromatic carbocycles. The molecule has 0 saturated carbocycles. The number of rotatable bonds is 3. The van der Waals surface area contributed by atoms with Gasteiger partial charge in [-0.25, -0.2) is 0 Å². The third-order valence-electron chi connectivity index (χ3n) is 3.10. The van der Waals surface area contributed by atoms with E-state index in [4.69, 9.17) is 28.9 Å². The number of anilines is 1. The van der Waals surface area contributed by atoms with Crippen LogP contribution in [0.3, 0.4) is 0 Å². The Labute approximate surface area is 106 Å². The van der Waals surface area contributed by atoms with Crippen LogP contribution in [0.25, 0.3) is 0 Å². The van der Waals surface area contributed by atoms with Crippen molar-refractivity contribution in [3.05, 3.63) is 28.2 Å². The van der Waals surface area contributed by atoms with Crippen molar-refractivity contribution in [2.24, 2.45) is 5.73 Å². The predicted octanol–water partition coefficient (Wildman–Crippen LogP) is 3.31. The van der Waals surface area contributed by atoms with Gasteiger partial charge in [0.05, 0.1) is 10.7 Å². The zero-order valence-corrected chi connectivity index (χ0v) is 10.6. The molecule has 1 heterocycles. The van der Waals surface area contributed by atoms with E-state index >= 15 is 0 Å². The third-order valence-corrected chi connectivity index (χ3v) is 3.63. The lowest BCUT2D eigenvalue weighted by atomic mass is 10.1. The van der Waals surface area contributed by atoms with Crippen molar-refractivity contribution in [2.75, 3.05) is 18.0 Å². The first-order chi connectivity index (χ1) is 7.72. The molecule has 1 atom stereocenters. The number of nitrogens with two attached hydrogens (primary N) is 1. The summed E-state index contributed by atoms with van der Waals surface area (Å²) in [5.41, 5.74) is 6.72. The van der Waals surface area contributed by atoms with Crippen LogP contribution in [0, 0.1) is 0 Å². The number of benzene rings is 1. The molecule has 1 aromatic rings. The molecule has 0 aromatic heterocycles. The van der Waals surface area contributed by atoms with Crippen molar-refractivity contribution >= 4 is 28.9 Å². The van der Waals surface area contributed by atoms with Crippen LogP contribution in [-0.2, 0) is 0 Å². The van der Waals surface area contributed by atoms with Gasteiger partial charge in [-0.2, -0.15) is 0 Å². The largest absolute Gasteiger partial charge is 0.367 e. The zero-order valence-electron chi connectivity index (χ0n) is 9.13. The molecule has 1 fully saturated rings. The van der Waals surface area contributed by atoms with Gasteiger partial charge in [-0.3, -0.25) is 0 Å². The highest BCUT2D eigenvalue weighted by Gasteiger charge is 2.25. The van der Waals surface area contributed by atoms with Crippen molar-refractivity contribution in [3.8, 4) is 0 Å². The average molecular weight is 259 g/mol. The lowest BCUT2D eigenvalue weighted by Gasteiger charge is -2.27. The maximum atomic E-state index is 6.22. The van der Waals surface area contributed by atoms with Crippen molar-refractivity contribution in [2.45, 2.75) is 25.3 Å². The molecule has 1 aliphatic rings. The monoisotopic (exact) mass is 258 g/mol. The van der Waals surface area contributed by atoms with Crippen LogP contribution in [0.5, 0.6) is 0 Å². The van der Waals surface area contributed by atoms with Crippen LogP contribution < -0.4 is 10.6 Å². The summed E-state index contributed by atoms with van der Waals surface area (Å²) in [6, 6.07) is 6.22. The standard InChI is InChI=1S/C12H16Cl2N2/c13-9-3-4-12(11(14)8-9)16-7-1-2-10(16)5-6-15/h3-4,8,10H,1-2,5-7,15H2. The molecule has 0 spiro atoms. The van der Waals surface area contributed by atoms with Gasteiger partial charge >= 0.3 is 0 Å². The summed E-state index contributed by atoms with van der Waals surface area (Å²) in [7, 11) is 0. The van der Waals surface area contributed by atoms with E-state index in [0.717, 1.165) is 30.2 Å². The van der Waals surface area contributed by atoms with Gasteiger partial charge in [0.15, 0.2) is 0 Å². The van der Waals surface area contributed by atoms with Crippen LogP contribution in [0.15, 0.2) is 18.2 Å². The SMILES string of the molecule is NCCC1CCCN1c1ccc(Cl)cc1Cl. The highest BCUT2D eigenvalue weighted by Crippen LogP contribution is 2.34. The van der Waals surface area contributed by atoms with Crippen molar-refractivity contribution in [1.29, 1.82) is 0 Å². The predicted molar refractivity (Wildman–Crippen MR) is 70.5 cm³/mol. The first-order valence-corrected chi connectivity index (χ1v) is 6.39. The molecule has 2 N–H and O–H groups in total. The summed E-state index contributed by atoms with van der Waals surface area (Å²) in [6.07, 6.45) is 3.44. The molecule has 0 aliphatic carbocycles. The fourth-order valence-electron chi connectivity index (χ4n) is 2.36. The molecule has 2 nitrogen and oxygen atoms in total. The molecular formula is C12H16Cl2N2. The minimum atomic E-state index is 0.531. The molecule has 88 valence electrons. The summed E-state index contributed by atoms with van der Waals surface area (Å²) in [5.74, 6) is 0. The molecule has 1 aliphatic heterocycles. The first kappa shape index (κ1) is 12.0. The lowest BCUT2D eigenvalue weighted by molar-refractivity contribution is 0.618. The second-order valence-electron chi connectivity index (χ2n) is 4.16. The summed E-state index contributed by atoms with van der Waals surface area (Å²) in [6.45, 7) is 1.79. The third kappa shape index (κ3) is 2.45. The molecule has 0 bridgehead atoms. The number of hydrogen-bond donors (Lipinski definition) is 1. The number of nitrogens with zero attached hydrogens (tertiary/aromatic N) is 1. The van der Waals surface area contributed by atoms with Crippen molar-refractivity contribution < 1.29 is 0 Å². The summed E-state index contributed by atoms with van der Waals surface area (Å²) in [5, 5.41) is 1.42. The Balaban J connectivity index is 2.22. The Hall–Kier alpha value is -0.440. The molecule has 1 saturated heterocycles. The van der Waals surface area contributed by atoms with Gasteiger partial charge in [0.1, 0.15) is 0 Å². The van der Waals surface area contributed by atoms with Crippen molar-refractivity contribution in [1.82, 2.24) is 0 Å². The van der Waals surface area contributed by atoms with E-state index in [0.29, 0.717) is 11.1 Å². The number of halogens is 2. The minimum absolute atomic E-state index is 0.531. The van der Waals surface area contributed by atoms with Crippen LogP contribution in [0.2, 0.25) is 10.0 Å². The smallest absolute Gasteiger partial charge is 0.0654 e. The fourth-order valence-corrected chi connectivity index (χ4v) is 2.88. The van der Waals surface area contributed by atoms with E-state index in [2.05, 4.69) is 4.90 Å². The van der Waals surface area contributed by atoms with Gasteiger partial charge in [-0.05, 0) is 44.0 Å². The van der Waals surface area contributed by atoms with Gasteiger partial charge in [0, 0.05) is 17.6 Å². The van der Waals surface area contributed by atoms with Crippen molar-refractivity contribution in [3.63, 3.8) is 0 Å². The van der Waals surface area contributed by atoms with Crippen LogP contribution >= 0.6 is 23.2 Å². The van der Waals surface area contributed by atoms with Gasteiger partial charge in [0.2, 0.25) is 0 Å². The topological polar surface area (TPSA) is 29.3 Å². The maximum Gasteiger partial charge on any atom is 0.0654 e. The average Bonchev–Trinajstić information content (AvgIpc) is 2.67. The Morgan fingerprint density at radius 1 is 1.38 bits per heavy atom. The second kappa shape index (κ2) is 5.26. The highest BCUT2D eigenvalue weighted by atomic mass is 35.5. The highest BCUT2D eigenvalue weighted by molar-refractivity contribution is 6.36. The molecule has 1 unspecified atom stereocenters. The summed E-state index contributed by atoms with van der Waals surface area (Å²) in [4.78, 5) is 2.35. The second-order valence-corrected chi connectivity index (χ2v) is 5.01. The quantitative estimate of drug-likeness (QED) is 0.902. The maximum absolute atomic E-state index is 6.22. The minimum Gasteiger partial charge on any atom is -0.367 e. The Morgan fingerprint density at radius 2 is 2.19 bits per heavy atom. The molecule has 0 amide bonds. The Morgan fingerprint density at radius 3 is 2.88 bits per heavy atom.